The number of aromatic nitrogens is 3. The van der Waals surface area contributed by atoms with E-state index in [1.54, 1.807) is 31.1 Å². The summed E-state index contributed by atoms with van der Waals surface area (Å²) >= 11 is 1.59. The number of carbonyl (C=O) groups excluding carboxylic acids is 1. The zero-order chi connectivity index (χ0) is 24.5. The summed E-state index contributed by atoms with van der Waals surface area (Å²) in [6.07, 6.45) is 9.75. The lowest BCUT2D eigenvalue weighted by molar-refractivity contribution is 0.0979. The Hall–Kier alpha value is -2.93. The molecule has 34 heavy (non-hydrogen) atoms. The maximum Gasteiger partial charge on any atom is 0.277 e. The molecule has 0 aliphatic carbocycles. The van der Waals surface area contributed by atoms with Gasteiger partial charge in [-0.25, -0.2) is 0 Å². The summed E-state index contributed by atoms with van der Waals surface area (Å²) < 4.78 is 3.39. The molecule has 2 heterocycles. The first-order valence-electron chi connectivity index (χ1n) is 11.8. The number of thioether (sulfide) groups is 1. The Morgan fingerprint density at radius 1 is 0.941 bits per heavy atom. The predicted octanol–water partition coefficient (Wildman–Crippen LogP) is 4.69. The molecule has 0 saturated heterocycles. The van der Waals surface area contributed by atoms with E-state index < -0.39 is 0 Å². The number of unbranched alkanes of at least 4 members (excludes halogenated alkanes) is 4. The average molecular weight is 480 g/mol. The van der Waals surface area contributed by atoms with Crippen molar-refractivity contribution in [1.82, 2.24) is 14.1 Å². The molecule has 7 heteroatoms. The molecule has 0 N–H and O–H groups in total. The SMILES string of the molecule is Cc1ccc(C(=O)CCCCCCCSc2nc(=O)c(Cc3ccn(C)c(=O)c3)cn2C)cc1. The molecule has 0 amide bonds. The summed E-state index contributed by atoms with van der Waals surface area (Å²) in [7, 11) is 3.60. The van der Waals surface area contributed by atoms with Gasteiger partial charge in [0.15, 0.2) is 10.9 Å². The second-order valence-electron chi connectivity index (χ2n) is 8.78. The molecule has 3 aromatic rings. The number of benzene rings is 1. The largest absolute Gasteiger partial charge is 0.330 e. The molecule has 1 aromatic carbocycles. The summed E-state index contributed by atoms with van der Waals surface area (Å²) in [4.78, 5) is 40.8. The normalized spacial score (nSPS) is 11.0. The molecule has 3 rings (SSSR count). The molecule has 0 spiro atoms. The third-order valence-electron chi connectivity index (χ3n) is 5.84. The van der Waals surface area contributed by atoms with Crippen LogP contribution in [0.4, 0.5) is 0 Å². The van der Waals surface area contributed by atoms with Crippen LogP contribution in [0.1, 0.15) is 65.6 Å². The van der Waals surface area contributed by atoms with Crippen molar-refractivity contribution in [3.63, 3.8) is 0 Å². The zero-order valence-corrected chi connectivity index (χ0v) is 21.1. The minimum atomic E-state index is -0.237. The number of hydrogen-bond donors (Lipinski definition) is 0. The highest BCUT2D eigenvalue weighted by atomic mass is 32.2. The topological polar surface area (TPSA) is 74.0 Å². The third-order valence-corrected chi connectivity index (χ3v) is 6.97. The van der Waals surface area contributed by atoms with Crippen molar-refractivity contribution in [3.8, 4) is 0 Å². The zero-order valence-electron chi connectivity index (χ0n) is 20.3. The molecule has 0 saturated carbocycles. The first-order chi connectivity index (χ1) is 16.3. The van der Waals surface area contributed by atoms with Crippen molar-refractivity contribution >= 4 is 17.5 Å². The smallest absolute Gasteiger partial charge is 0.277 e. The second kappa shape index (κ2) is 12.5. The number of hydrogen-bond acceptors (Lipinski definition) is 5. The highest BCUT2D eigenvalue weighted by Gasteiger charge is 2.09. The van der Waals surface area contributed by atoms with Gasteiger partial charge in [0.05, 0.1) is 0 Å². The molecule has 6 nitrogen and oxygen atoms in total. The van der Waals surface area contributed by atoms with Crippen molar-refractivity contribution in [3.05, 3.63) is 91.8 Å². The van der Waals surface area contributed by atoms with Crippen LogP contribution < -0.4 is 11.1 Å². The molecule has 0 atom stereocenters. The first kappa shape index (κ1) is 25.7. The van der Waals surface area contributed by atoms with Gasteiger partial charge in [-0.1, -0.05) is 60.9 Å². The quantitative estimate of drug-likeness (QED) is 0.163. The van der Waals surface area contributed by atoms with Gasteiger partial charge in [-0.05, 0) is 31.4 Å². The maximum atomic E-state index is 12.5. The maximum absolute atomic E-state index is 12.5. The molecule has 0 fully saturated rings. The number of rotatable bonds is 12. The van der Waals surface area contributed by atoms with Gasteiger partial charge < -0.3 is 9.13 Å². The van der Waals surface area contributed by atoms with E-state index in [0.29, 0.717) is 23.6 Å². The van der Waals surface area contributed by atoms with Gasteiger partial charge in [0.25, 0.3) is 11.1 Å². The Balaban J connectivity index is 1.37. The fraction of sp³-hybridized carbons (Fsp3) is 0.407. The number of Topliss-reactive ketones (excluding diaryl/α,β-unsaturated/α-hetero) is 1. The van der Waals surface area contributed by atoms with Gasteiger partial charge in [-0.3, -0.25) is 14.4 Å². The van der Waals surface area contributed by atoms with Gasteiger partial charge in [-0.15, -0.1) is 0 Å². The van der Waals surface area contributed by atoms with E-state index in [0.717, 1.165) is 49.0 Å². The van der Waals surface area contributed by atoms with Crippen molar-refractivity contribution in [1.29, 1.82) is 0 Å². The molecule has 0 aliphatic rings. The van der Waals surface area contributed by atoms with Gasteiger partial charge in [-0.2, -0.15) is 4.98 Å². The molecule has 0 aliphatic heterocycles. The molecule has 0 bridgehead atoms. The van der Waals surface area contributed by atoms with Crippen LogP contribution in [-0.4, -0.2) is 25.7 Å². The molecule has 2 aromatic heterocycles. The molecular weight excluding hydrogens is 446 g/mol. The van der Waals surface area contributed by atoms with E-state index in [-0.39, 0.29) is 16.9 Å². The number of aryl methyl sites for hydroxylation is 3. The van der Waals surface area contributed by atoms with Crippen molar-refractivity contribution in [2.24, 2.45) is 14.1 Å². The van der Waals surface area contributed by atoms with E-state index >= 15 is 0 Å². The minimum Gasteiger partial charge on any atom is -0.330 e. The van der Waals surface area contributed by atoms with Crippen molar-refractivity contribution < 1.29 is 4.79 Å². The highest BCUT2D eigenvalue weighted by Crippen LogP contribution is 2.18. The van der Waals surface area contributed by atoms with E-state index in [9.17, 15) is 14.4 Å². The Bertz CT molecular complexity index is 1230. The lowest BCUT2D eigenvalue weighted by Crippen LogP contribution is -2.20. The fourth-order valence-corrected chi connectivity index (χ4v) is 4.66. The lowest BCUT2D eigenvalue weighted by atomic mass is 10.0. The second-order valence-corrected chi connectivity index (χ2v) is 9.84. The molecule has 0 radical (unpaired) electrons. The summed E-state index contributed by atoms with van der Waals surface area (Å²) in [5, 5.41) is 0.710. The average Bonchev–Trinajstić information content (AvgIpc) is 2.81. The minimum absolute atomic E-state index is 0.0904. The van der Waals surface area contributed by atoms with Crippen LogP contribution in [0.25, 0.3) is 0 Å². The highest BCUT2D eigenvalue weighted by molar-refractivity contribution is 7.99. The lowest BCUT2D eigenvalue weighted by Gasteiger charge is -2.09. The van der Waals surface area contributed by atoms with Crippen LogP contribution in [0.5, 0.6) is 0 Å². The Labute approximate surface area is 205 Å². The van der Waals surface area contributed by atoms with Gasteiger partial charge in [0.2, 0.25) is 0 Å². The summed E-state index contributed by atoms with van der Waals surface area (Å²) in [5.74, 6) is 1.12. The van der Waals surface area contributed by atoms with Crippen LogP contribution in [0.15, 0.2) is 63.5 Å². The summed E-state index contributed by atoms with van der Waals surface area (Å²) in [5.41, 5.74) is 3.04. The van der Waals surface area contributed by atoms with Crippen molar-refractivity contribution in [2.45, 2.75) is 57.0 Å². The number of nitrogens with zero attached hydrogens (tertiary/aromatic N) is 3. The summed E-state index contributed by atoms with van der Waals surface area (Å²) in [6, 6.07) is 11.2. The fourth-order valence-electron chi connectivity index (χ4n) is 3.72. The Morgan fingerprint density at radius 3 is 2.38 bits per heavy atom. The van der Waals surface area contributed by atoms with Crippen LogP contribution >= 0.6 is 11.8 Å². The van der Waals surface area contributed by atoms with Crippen LogP contribution in [0, 0.1) is 6.92 Å². The summed E-state index contributed by atoms with van der Waals surface area (Å²) in [6.45, 7) is 2.02. The Morgan fingerprint density at radius 2 is 1.65 bits per heavy atom. The van der Waals surface area contributed by atoms with Gasteiger partial charge in [0.1, 0.15) is 0 Å². The van der Waals surface area contributed by atoms with Crippen LogP contribution in [0.2, 0.25) is 0 Å². The standard InChI is InChI=1S/C27H33N3O3S/c1-20-10-12-22(13-11-20)24(31)9-7-5-4-6-8-16-34-27-28-26(33)23(19-30(27)3)17-21-14-15-29(2)25(32)18-21/h10-15,18-19H,4-9,16-17H2,1-3H3. The van der Waals surface area contributed by atoms with Crippen LogP contribution in [-0.2, 0) is 20.5 Å². The van der Waals surface area contributed by atoms with E-state index in [2.05, 4.69) is 4.98 Å². The van der Waals surface area contributed by atoms with Crippen molar-refractivity contribution in [2.75, 3.05) is 5.75 Å². The molecule has 180 valence electrons. The van der Waals surface area contributed by atoms with Gasteiger partial charge in [0, 0.05) is 62.3 Å². The van der Waals surface area contributed by atoms with Crippen LogP contribution in [0.3, 0.4) is 0 Å². The number of pyridine rings is 1. The Kier molecular flexibility index (Phi) is 9.45. The third kappa shape index (κ3) is 7.55. The van der Waals surface area contributed by atoms with E-state index in [4.69, 9.17) is 0 Å². The number of ketones is 1. The molecule has 0 unspecified atom stereocenters. The van der Waals surface area contributed by atoms with E-state index in [1.165, 1.54) is 10.1 Å². The monoisotopic (exact) mass is 479 g/mol. The first-order valence-corrected chi connectivity index (χ1v) is 12.8. The molecular formula is C27H33N3O3S. The van der Waals surface area contributed by atoms with E-state index in [1.807, 2.05) is 55.1 Å². The number of carbonyl (C=O) groups is 1. The predicted molar refractivity (Wildman–Crippen MR) is 138 cm³/mol. The van der Waals surface area contributed by atoms with Gasteiger partial charge >= 0.3 is 0 Å².